The Kier molecular flexibility index (Phi) is 6.19. The molecule has 2 rings (SSSR count). The Labute approximate surface area is 132 Å². The fourth-order valence-corrected chi connectivity index (χ4v) is 4.18. The highest BCUT2D eigenvalue weighted by Gasteiger charge is 2.15. The molecule has 0 radical (unpaired) electrons. The number of rotatable bonds is 5. The second-order valence-electron chi connectivity index (χ2n) is 5.09. The van der Waals surface area contributed by atoms with Gasteiger partial charge in [-0.2, -0.15) is 11.8 Å². The minimum atomic E-state index is 0.0262. The van der Waals surface area contributed by atoms with Crippen LogP contribution in [-0.4, -0.2) is 15.2 Å². The number of aromatic amines is 1. The summed E-state index contributed by atoms with van der Waals surface area (Å²) >= 11 is 4.06. The Morgan fingerprint density at radius 1 is 1.37 bits per heavy atom. The molecule has 1 saturated carbocycles. The van der Waals surface area contributed by atoms with Crippen LogP contribution in [0, 0.1) is 3.57 Å². The first-order valence-corrected chi connectivity index (χ1v) is 9.22. The van der Waals surface area contributed by atoms with Gasteiger partial charge in [-0.25, -0.2) is 4.98 Å². The van der Waals surface area contributed by atoms with Crippen LogP contribution in [0.4, 0.5) is 0 Å². The van der Waals surface area contributed by atoms with E-state index >= 15 is 0 Å². The molecule has 1 aromatic heterocycles. The number of nitrogens with one attached hydrogen (secondary N) is 1. The van der Waals surface area contributed by atoms with Crippen molar-refractivity contribution in [2.75, 3.05) is 0 Å². The van der Waals surface area contributed by atoms with E-state index in [2.05, 4.69) is 39.5 Å². The smallest absolute Gasteiger partial charge is 0.264 e. The first-order valence-electron chi connectivity index (χ1n) is 7.10. The number of aromatic nitrogens is 2. The summed E-state index contributed by atoms with van der Waals surface area (Å²) in [5.41, 5.74) is 0.990. The van der Waals surface area contributed by atoms with Crippen LogP contribution >= 0.6 is 34.4 Å². The molecule has 1 aliphatic carbocycles. The summed E-state index contributed by atoms with van der Waals surface area (Å²) in [7, 11) is 0. The number of aryl methyl sites for hydroxylation is 1. The molecular weight excluding hydrogens is 371 g/mol. The Morgan fingerprint density at radius 2 is 2.11 bits per heavy atom. The third kappa shape index (κ3) is 4.48. The Hall–Kier alpha value is -0.0400. The molecule has 106 valence electrons. The van der Waals surface area contributed by atoms with Crippen LogP contribution in [0.1, 0.15) is 57.0 Å². The van der Waals surface area contributed by atoms with Crippen molar-refractivity contribution in [3.8, 4) is 0 Å². The fourth-order valence-electron chi connectivity index (χ4n) is 2.46. The molecule has 0 aromatic carbocycles. The summed E-state index contributed by atoms with van der Waals surface area (Å²) in [6.45, 7) is 2.12. The standard InChI is InChI=1S/C14H21IN2OS/c1-2-6-11-13(15)14(18)17-12(16-11)9-19-10-7-4-3-5-8-10/h10H,2-9H2,1H3,(H,16,17,18). The number of hydrogen-bond donors (Lipinski definition) is 1. The molecule has 0 spiro atoms. The summed E-state index contributed by atoms with van der Waals surface area (Å²) in [4.78, 5) is 19.4. The molecule has 1 fully saturated rings. The van der Waals surface area contributed by atoms with Crippen molar-refractivity contribution < 1.29 is 0 Å². The summed E-state index contributed by atoms with van der Waals surface area (Å²) < 4.78 is 0.755. The van der Waals surface area contributed by atoms with E-state index < -0.39 is 0 Å². The molecule has 3 nitrogen and oxygen atoms in total. The second-order valence-corrected chi connectivity index (χ2v) is 7.46. The van der Waals surface area contributed by atoms with Gasteiger partial charge in [0.15, 0.2) is 0 Å². The van der Waals surface area contributed by atoms with Gasteiger partial charge in [-0.3, -0.25) is 4.79 Å². The monoisotopic (exact) mass is 392 g/mol. The average Bonchev–Trinajstić information content (AvgIpc) is 2.43. The SMILES string of the molecule is CCCc1nc(CSC2CCCCC2)[nH]c(=O)c1I. The third-order valence-corrected chi connectivity index (χ3v) is 5.97. The van der Waals surface area contributed by atoms with Gasteiger partial charge in [0.1, 0.15) is 5.82 Å². The summed E-state index contributed by atoms with van der Waals surface area (Å²) in [5, 5.41) is 0.757. The van der Waals surface area contributed by atoms with Crippen molar-refractivity contribution in [3.63, 3.8) is 0 Å². The molecule has 0 saturated heterocycles. The maximum absolute atomic E-state index is 11.9. The van der Waals surface area contributed by atoms with Crippen molar-refractivity contribution in [1.29, 1.82) is 0 Å². The fraction of sp³-hybridized carbons (Fsp3) is 0.714. The molecule has 1 aliphatic rings. The lowest BCUT2D eigenvalue weighted by Crippen LogP contribution is -2.18. The quantitative estimate of drug-likeness (QED) is 0.774. The van der Waals surface area contributed by atoms with Crippen LogP contribution in [0.25, 0.3) is 0 Å². The number of halogens is 1. The van der Waals surface area contributed by atoms with Crippen LogP contribution < -0.4 is 5.56 Å². The largest absolute Gasteiger partial charge is 0.309 e. The van der Waals surface area contributed by atoms with Crippen LogP contribution in [0.5, 0.6) is 0 Å². The Morgan fingerprint density at radius 3 is 2.79 bits per heavy atom. The van der Waals surface area contributed by atoms with Gasteiger partial charge in [-0.15, -0.1) is 0 Å². The van der Waals surface area contributed by atoms with Crippen molar-refractivity contribution >= 4 is 34.4 Å². The van der Waals surface area contributed by atoms with Crippen LogP contribution in [0.15, 0.2) is 4.79 Å². The van der Waals surface area contributed by atoms with Gasteiger partial charge in [-0.05, 0) is 41.9 Å². The zero-order chi connectivity index (χ0) is 13.7. The molecule has 0 bridgehead atoms. The molecule has 0 amide bonds. The lowest BCUT2D eigenvalue weighted by atomic mass is 10.0. The molecule has 1 heterocycles. The predicted molar refractivity (Wildman–Crippen MR) is 89.7 cm³/mol. The topological polar surface area (TPSA) is 45.8 Å². The Balaban J connectivity index is 2.01. The van der Waals surface area contributed by atoms with E-state index in [1.165, 1.54) is 32.1 Å². The summed E-state index contributed by atoms with van der Waals surface area (Å²) in [5.74, 6) is 1.69. The van der Waals surface area contributed by atoms with Crippen LogP contribution in [0.2, 0.25) is 0 Å². The molecule has 1 N–H and O–H groups in total. The minimum absolute atomic E-state index is 0.0262. The Bertz CT molecular complexity index is 469. The zero-order valence-corrected chi connectivity index (χ0v) is 14.3. The number of nitrogens with zero attached hydrogens (tertiary/aromatic N) is 1. The van der Waals surface area contributed by atoms with Gasteiger partial charge in [0.25, 0.3) is 5.56 Å². The maximum Gasteiger partial charge on any atom is 0.264 e. The number of hydrogen-bond acceptors (Lipinski definition) is 3. The van der Waals surface area contributed by atoms with Gasteiger partial charge in [-0.1, -0.05) is 32.6 Å². The minimum Gasteiger partial charge on any atom is -0.309 e. The van der Waals surface area contributed by atoms with E-state index in [9.17, 15) is 4.79 Å². The summed E-state index contributed by atoms with van der Waals surface area (Å²) in [6.07, 6.45) is 8.66. The zero-order valence-electron chi connectivity index (χ0n) is 11.4. The highest BCUT2D eigenvalue weighted by atomic mass is 127. The van der Waals surface area contributed by atoms with Crippen molar-refractivity contribution in [2.24, 2.45) is 0 Å². The molecule has 0 aliphatic heterocycles. The van der Waals surface area contributed by atoms with E-state index in [4.69, 9.17) is 0 Å². The number of thioether (sulfide) groups is 1. The number of H-pyrrole nitrogens is 1. The van der Waals surface area contributed by atoms with Gasteiger partial charge in [0.05, 0.1) is 15.0 Å². The van der Waals surface area contributed by atoms with Crippen molar-refractivity contribution in [3.05, 3.63) is 25.4 Å². The second kappa shape index (κ2) is 7.67. The predicted octanol–water partition coefficient (Wildman–Crippen LogP) is 3.89. The van der Waals surface area contributed by atoms with Crippen LogP contribution in [-0.2, 0) is 12.2 Å². The van der Waals surface area contributed by atoms with E-state index in [0.717, 1.165) is 38.9 Å². The van der Waals surface area contributed by atoms with E-state index in [1.807, 2.05) is 11.8 Å². The van der Waals surface area contributed by atoms with E-state index in [1.54, 1.807) is 0 Å². The lowest BCUT2D eigenvalue weighted by molar-refractivity contribution is 0.516. The molecule has 0 unspecified atom stereocenters. The van der Waals surface area contributed by atoms with Crippen LogP contribution in [0.3, 0.4) is 0 Å². The molecule has 5 heteroatoms. The normalized spacial score (nSPS) is 16.7. The first kappa shape index (κ1) is 15.4. The highest BCUT2D eigenvalue weighted by Crippen LogP contribution is 2.29. The molecule has 19 heavy (non-hydrogen) atoms. The average molecular weight is 392 g/mol. The molecule has 0 atom stereocenters. The first-order chi connectivity index (χ1) is 9.20. The highest BCUT2D eigenvalue weighted by molar-refractivity contribution is 14.1. The maximum atomic E-state index is 11.9. The van der Waals surface area contributed by atoms with Gasteiger partial charge in [0, 0.05) is 5.25 Å². The van der Waals surface area contributed by atoms with Gasteiger partial charge >= 0.3 is 0 Å². The van der Waals surface area contributed by atoms with E-state index in [0.29, 0.717) is 0 Å². The molecule has 1 aromatic rings. The van der Waals surface area contributed by atoms with Gasteiger partial charge < -0.3 is 4.98 Å². The third-order valence-electron chi connectivity index (χ3n) is 3.48. The molecular formula is C14H21IN2OS. The summed E-state index contributed by atoms with van der Waals surface area (Å²) in [6, 6.07) is 0. The lowest BCUT2D eigenvalue weighted by Gasteiger charge is -2.20. The van der Waals surface area contributed by atoms with Crippen molar-refractivity contribution in [2.45, 2.75) is 62.9 Å². The van der Waals surface area contributed by atoms with Crippen molar-refractivity contribution in [1.82, 2.24) is 9.97 Å². The van der Waals surface area contributed by atoms with E-state index in [-0.39, 0.29) is 5.56 Å². The van der Waals surface area contributed by atoms with Gasteiger partial charge in [0.2, 0.25) is 0 Å².